The molecule has 1 aliphatic carbocycles. The van der Waals surface area contributed by atoms with Crippen molar-refractivity contribution in [1.82, 2.24) is 15.1 Å². The first-order valence-corrected chi connectivity index (χ1v) is 6.30. The quantitative estimate of drug-likeness (QED) is 0.701. The number of nitrogens with one attached hydrogen (secondary N) is 1. The Morgan fingerprint density at radius 2 is 1.78 bits per heavy atom. The number of carboxylic acid groups (broad SMARTS) is 1. The van der Waals surface area contributed by atoms with Crippen molar-refractivity contribution < 1.29 is 14.7 Å². The van der Waals surface area contributed by atoms with Crippen molar-refractivity contribution in [1.29, 1.82) is 0 Å². The lowest BCUT2D eigenvalue weighted by Gasteiger charge is -2.34. The molecule has 0 unspecified atom stereocenters. The van der Waals surface area contributed by atoms with Crippen molar-refractivity contribution in [2.45, 2.75) is 18.9 Å². The minimum Gasteiger partial charge on any atom is -0.480 e. The summed E-state index contributed by atoms with van der Waals surface area (Å²) in [7, 11) is 0. The minimum atomic E-state index is -0.815. The van der Waals surface area contributed by atoms with E-state index in [1.165, 1.54) is 0 Å². The summed E-state index contributed by atoms with van der Waals surface area (Å²) in [6.07, 6.45) is 5.97. The van der Waals surface area contributed by atoms with Crippen LogP contribution in [0.2, 0.25) is 0 Å². The maximum Gasteiger partial charge on any atom is 0.317 e. The van der Waals surface area contributed by atoms with Gasteiger partial charge in [-0.3, -0.25) is 9.69 Å². The van der Waals surface area contributed by atoms with Crippen molar-refractivity contribution in [2.24, 2.45) is 0 Å². The predicted octanol–water partition coefficient (Wildman–Crippen LogP) is 0.117. The summed E-state index contributed by atoms with van der Waals surface area (Å²) in [6, 6.07) is 0.202. The highest BCUT2D eigenvalue weighted by atomic mass is 16.4. The molecular weight excluding hydrogens is 234 g/mol. The van der Waals surface area contributed by atoms with Crippen LogP contribution in [0.25, 0.3) is 0 Å². The highest BCUT2D eigenvalue weighted by molar-refractivity contribution is 5.75. The van der Waals surface area contributed by atoms with Crippen molar-refractivity contribution in [3.63, 3.8) is 0 Å². The number of carbonyl (C=O) groups excluding carboxylic acids is 1. The fourth-order valence-corrected chi connectivity index (χ4v) is 2.30. The van der Waals surface area contributed by atoms with Gasteiger partial charge < -0.3 is 15.3 Å². The van der Waals surface area contributed by atoms with E-state index in [9.17, 15) is 9.59 Å². The Kier molecular flexibility index (Phi) is 4.19. The van der Waals surface area contributed by atoms with Gasteiger partial charge in [-0.25, -0.2) is 4.79 Å². The maximum absolute atomic E-state index is 11.9. The number of piperazine rings is 1. The van der Waals surface area contributed by atoms with Crippen LogP contribution in [0.3, 0.4) is 0 Å². The first kappa shape index (κ1) is 12.9. The molecule has 0 aromatic carbocycles. The van der Waals surface area contributed by atoms with E-state index >= 15 is 0 Å². The fourth-order valence-electron chi connectivity index (χ4n) is 2.30. The molecule has 6 heteroatoms. The van der Waals surface area contributed by atoms with Gasteiger partial charge in [-0.1, -0.05) is 12.2 Å². The minimum absolute atomic E-state index is 0.0290. The van der Waals surface area contributed by atoms with E-state index in [0.717, 1.165) is 12.8 Å². The molecule has 18 heavy (non-hydrogen) atoms. The van der Waals surface area contributed by atoms with Crippen LogP contribution in [0.5, 0.6) is 0 Å². The standard InChI is InChI=1S/C12H19N3O3/c16-11(17)9-14-5-7-15(8-6-14)12(18)13-10-3-1-2-4-10/h1-2,10H,3-9H2,(H,13,18)(H,16,17). The zero-order valence-electron chi connectivity index (χ0n) is 10.3. The van der Waals surface area contributed by atoms with Gasteiger partial charge in [0.25, 0.3) is 0 Å². The number of urea groups is 1. The lowest BCUT2D eigenvalue weighted by atomic mass is 10.2. The summed E-state index contributed by atoms with van der Waals surface area (Å²) in [4.78, 5) is 26.1. The third-order valence-corrected chi connectivity index (χ3v) is 3.35. The van der Waals surface area contributed by atoms with E-state index in [1.807, 2.05) is 4.90 Å². The zero-order chi connectivity index (χ0) is 13.0. The van der Waals surface area contributed by atoms with Gasteiger partial charge >= 0.3 is 12.0 Å². The summed E-state index contributed by atoms with van der Waals surface area (Å²) in [5, 5.41) is 11.7. The summed E-state index contributed by atoms with van der Waals surface area (Å²) in [5.41, 5.74) is 0. The molecule has 2 amide bonds. The third-order valence-electron chi connectivity index (χ3n) is 3.35. The SMILES string of the molecule is O=C(O)CN1CCN(C(=O)NC2CC=CC2)CC1. The number of hydrogen-bond donors (Lipinski definition) is 2. The molecule has 1 aliphatic heterocycles. The molecule has 0 spiro atoms. The summed E-state index contributed by atoms with van der Waals surface area (Å²) in [6.45, 7) is 2.51. The molecule has 1 saturated heterocycles. The van der Waals surface area contributed by atoms with Gasteiger partial charge in [0.15, 0.2) is 0 Å². The van der Waals surface area contributed by atoms with E-state index in [0.29, 0.717) is 26.2 Å². The molecule has 1 heterocycles. The molecule has 2 rings (SSSR count). The van der Waals surface area contributed by atoms with Crippen LogP contribution in [0.1, 0.15) is 12.8 Å². The average molecular weight is 253 g/mol. The molecule has 0 atom stereocenters. The van der Waals surface area contributed by atoms with E-state index in [4.69, 9.17) is 5.11 Å². The number of hydrogen-bond acceptors (Lipinski definition) is 3. The Morgan fingerprint density at radius 3 is 2.33 bits per heavy atom. The van der Waals surface area contributed by atoms with Crippen LogP contribution in [0.15, 0.2) is 12.2 Å². The van der Waals surface area contributed by atoms with Crippen LogP contribution in [-0.4, -0.2) is 65.7 Å². The van der Waals surface area contributed by atoms with Gasteiger partial charge in [0.1, 0.15) is 0 Å². The molecule has 1 fully saturated rings. The van der Waals surface area contributed by atoms with Gasteiger partial charge in [-0.05, 0) is 12.8 Å². The molecule has 0 radical (unpaired) electrons. The van der Waals surface area contributed by atoms with E-state index < -0.39 is 5.97 Å². The third kappa shape index (κ3) is 3.46. The smallest absolute Gasteiger partial charge is 0.317 e. The number of aliphatic carboxylic acids is 1. The second-order valence-electron chi connectivity index (χ2n) is 4.75. The fraction of sp³-hybridized carbons (Fsp3) is 0.667. The van der Waals surface area contributed by atoms with Crippen LogP contribution in [0.4, 0.5) is 4.79 Å². The van der Waals surface area contributed by atoms with Crippen molar-refractivity contribution in [3.05, 3.63) is 12.2 Å². The molecule has 100 valence electrons. The Balaban J connectivity index is 1.71. The largest absolute Gasteiger partial charge is 0.480 e. The normalized spacial score (nSPS) is 21.2. The van der Waals surface area contributed by atoms with Crippen molar-refractivity contribution >= 4 is 12.0 Å². The summed E-state index contributed by atoms with van der Waals surface area (Å²) < 4.78 is 0. The molecule has 2 N–H and O–H groups in total. The second kappa shape index (κ2) is 5.86. The molecule has 0 bridgehead atoms. The Labute approximate surface area is 106 Å². The predicted molar refractivity (Wildman–Crippen MR) is 66.3 cm³/mol. The first-order chi connectivity index (χ1) is 8.65. The number of amides is 2. The van der Waals surface area contributed by atoms with Gasteiger partial charge in [0.05, 0.1) is 6.54 Å². The maximum atomic E-state index is 11.9. The second-order valence-corrected chi connectivity index (χ2v) is 4.75. The van der Waals surface area contributed by atoms with Crippen molar-refractivity contribution in [3.8, 4) is 0 Å². The van der Waals surface area contributed by atoms with Gasteiger partial charge in [-0.2, -0.15) is 0 Å². The van der Waals surface area contributed by atoms with Crippen LogP contribution in [-0.2, 0) is 4.79 Å². The Hall–Kier alpha value is -1.56. The van der Waals surface area contributed by atoms with Crippen LogP contribution >= 0.6 is 0 Å². The molecular formula is C12H19N3O3. The number of carboxylic acids is 1. The lowest BCUT2D eigenvalue weighted by molar-refractivity contribution is -0.138. The van der Waals surface area contributed by atoms with Gasteiger partial charge in [0.2, 0.25) is 0 Å². The van der Waals surface area contributed by atoms with Crippen molar-refractivity contribution in [2.75, 3.05) is 32.7 Å². The molecule has 0 aromatic rings. The molecule has 2 aliphatic rings. The summed E-state index contributed by atoms with van der Waals surface area (Å²) >= 11 is 0. The lowest BCUT2D eigenvalue weighted by Crippen LogP contribution is -2.53. The highest BCUT2D eigenvalue weighted by Crippen LogP contribution is 2.10. The molecule has 0 saturated carbocycles. The highest BCUT2D eigenvalue weighted by Gasteiger charge is 2.23. The number of rotatable bonds is 3. The molecule has 6 nitrogen and oxygen atoms in total. The Morgan fingerprint density at radius 1 is 1.17 bits per heavy atom. The van der Waals surface area contributed by atoms with Crippen LogP contribution in [0, 0.1) is 0 Å². The number of carbonyl (C=O) groups is 2. The van der Waals surface area contributed by atoms with Gasteiger partial charge in [-0.15, -0.1) is 0 Å². The van der Waals surface area contributed by atoms with Crippen LogP contribution < -0.4 is 5.32 Å². The summed E-state index contributed by atoms with van der Waals surface area (Å²) in [5.74, 6) is -0.815. The number of nitrogens with zero attached hydrogens (tertiary/aromatic N) is 2. The van der Waals surface area contributed by atoms with E-state index in [-0.39, 0.29) is 18.6 Å². The topological polar surface area (TPSA) is 72.9 Å². The van der Waals surface area contributed by atoms with E-state index in [1.54, 1.807) is 4.90 Å². The molecule has 0 aromatic heterocycles. The first-order valence-electron chi connectivity index (χ1n) is 6.30. The van der Waals surface area contributed by atoms with Gasteiger partial charge in [0, 0.05) is 32.2 Å². The zero-order valence-corrected chi connectivity index (χ0v) is 10.3. The Bertz CT molecular complexity index is 340. The van der Waals surface area contributed by atoms with E-state index in [2.05, 4.69) is 17.5 Å². The average Bonchev–Trinajstić information content (AvgIpc) is 2.82. The monoisotopic (exact) mass is 253 g/mol.